The minimum absolute atomic E-state index is 0.488. The Balaban J connectivity index is 1.14. The Morgan fingerprint density at radius 1 is 0.758 bits per heavy atom. The molecular weight excluding hydrogens is 432 g/mol. The van der Waals surface area contributed by atoms with E-state index in [0.717, 1.165) is 56.2 Å². The Kier molecular flexibility index (Phi) is 9.19. The van der Waals surface area contributed by atoms with Gasteiger partial charge in [-0.15, -0.1) is 0 Å². The number of benzene rings is 3. The molecule has 0 atom stereocenters. The predicted molar refractivity (Wildman–Crippen MR) is 135 cm³/mol. The molecular formula is C28H33ClN2O2. The first-order chi connectivity index (χ1) is 16.3. The van der Waals surface area contributed by atoms with E-state index in [1.165, 1.54) is 18.5 Å². The molecule has 0 bridgehead atoms. The van der Waals surface area contributed by atoms with Gasteiger partial charge in [-0.25, -0.2) is 0 Å². The largest absolute Gasteiger partial charge is 0.457 e. The van der Waals surface area contributed by atoms with Crippen molar-refractivity contribution in [3.63, 3.8) is 0 Å². The molecule has 1 fully saturated rings. The van der Waals surface area contributed by atoms with Crippen LogP contribution in [0.3, 0.4) is 0 Å². The minimum Gasteiger partial charge on any atom is -0.457 e. The van der Waals surface area contributed by atoms with E-state index in [-0.39, 0.29) is 0 Å². The average Bonchev–Trinajstić information content (AvgIpc) is 2.85. The van der Waals surface area contributed by atoms with Gasteiger partial charge in [0.25, 0.3) is 0 Å². The van der Waals surface area contributed by atoms with Crippen LogP contribution in [0.25, 0.3) is 0 Å². The van der Waals surface area contributed by atoms with Gasteiger partial charge >= 0.3 is 0 Å². The number of halogens is 1. The van der Waals surface area contributed by atoms with E-state index in [9.17, 15) is 0 Å². The smallest absolute Gasteiger partial charge is 0.133 e. The number of hydrogen-bond acceptors (Lipinski definition) is 4. The molecule has 1 saturated heterocycles. The summed E-state index contributed by atoms with van der Waals surface area (Å²) in [4.78, 5) is 5.08. The van der Waals surface area contributed by atoms with Gasteiger partial charge in [0, 0.05) is 43.3 Å². The highest BCUT2D eigenvalue weighted by Gasteiger charge is 2.16. The molecule has 3 aromatic carbocycles. The maximum Gasteiger partial charge on any atom is 0.133 e. The Morgan fingerprint density at radius 3 is 2.15 bits per heavy atom. The zero-order valence-electron chi connectivity index (χ0n) is 19.2. The van der Waals surface area contributed by atoms with Crippen LogP contribution in [0, 0.1) is 0 Å². The normalized spacial score (nSPS) is 14.9. The average molecular weight is 465 g/mol. The first kappa shape index (κ1) is 23.8. The van der Waals surface area contributed by atoms with Crippen LogP contribution in [0.1, 0.15) is 17.5 Å². The summed E-state index contributed by atoms with van der Waals surface area (Å²) in [5, 5.41) is 0.692. The second-order valence-electron chi connectivity index (χ2n) is 8.49. The second kappa shape index (κ2) is 12.8. The number of rotatable bonds is 11. The van der Waals surface area contributed by atoms with Crippen molar-refractivity contribution in [2.24, 2.45) is 0 Å². The lowest BCUT2D eigenvalue weighted by molar-refractivity contribution is 0.0676. The second-order valence-corrected chi connectivity index (χ2v) is 8.93. The molecule has 0 amide bonds. The van der Waals surface area contributed by atoms with Crippen molar-refractivity contribution in [3.8, 4) is 11.5 Å². The number of ether oxygens (including phenoxy) is 2. The quantitative estimate of drug-likeness (QED) is 0.330. The highest BCUT2D eigenvalue weighted by molar-refractivity contribution is 6.30. The molecule has 0 saturated carbocycles. The van der Waals surface area contributed by atoms with Crippen molar-refractivity contribution < 1.29 is 9.47 Å². The molecule has 174 valence electrons. The van der Waals surface area contributed by atoms with Crippen molar-refractivity contribution in [2.45, 2.75) is 19.4 Å². The zero-order chi connectivity index (χ0) is 22.7. The molecule has 33 heavy (non-hydrogen) atoms. The van der Waals surface area contributed by atoms with Crippen molar-refractivity contribution in [1.29, 1.82) is 0 Å². The highest BCUT2D eigenvalue weighted by Crippen LogP contribution is 2.28. The summed E-state index contributed by atoms with van der Waals surface area (Å²) in [5.41, 5.74) is 2.40. The van der Waals surface area contributed by atoms with Crippen LogP contribution >= 0.6 is 11.6 Å². The van der Waals surface area contributed by atoms with E-state index >= 15 is 0 Å². The lowest BCUT2D eigenvalue weighted by Gasteiger charge is -2.34. The van der Waals surface area contributed by atoms with Crippen LogP contribution in [0.5, 0.6) is 11.5 Å². The SMILES string of the molecule is Clc1ccc(Oc2ccccc2)c(COCCN2CCN(CCCc3ccccc3)CC2)c1. The van der Waals surface area contributed by atoms with E-state index in [0.29, 0.717) is 18.2 Å². The summed E-state index contributed by atoms with van der Waals surface area (Å²) in [5.74, 6) is 1.59. The van der Waals surface area contributed by atoms with E-state index in [2.05, 4.69) is 40.1 Å². The summed E-state index contributed by atoms with van der Waals surface area (Å²) in [6.07, 6.45) is 2.38. The standard InChI is InChI=1S/C28H33ClN2O2/c29-26-13-14-28(33-27-11-5-2-6-12-27)25(22-26)23-32-21-20-31-18-16-30(17-19-31)15-7-10-24-8-3-1-4-9-24/h1-6,8-9,11-14,22H,7,10,15-21,23H2. The van der Waals surface area contributed by atoms with Gasteiger partial charge in [0.1, 0.15) is 11.5 Å². The fraction of sp³-hybridized carbons (Fsp3) is 0.357. The first-order valence-electron chi connectivity index (χ1n) is 11.8. The number of hydrogen-bond donors (Lipinski definition) is 0. The molecule has 5 heteroatoms. The minimum atomic E-state index is 0.488. The Bertz CT molecular complexity index is 960. The van der Waals surface area contributed by atoms with Crippen molar-refractivity contribution in [3.05, 3.63) is 95.0 Å². The molecule has 0 unspecified atom stereocenters. The van der Waals surface area contributed by atoms with Gasteiger partial charge in [0.15, 0.2) is 0 Å². The van der Waals surface area contributed by atoms with Gasteiger partial charge in [-0.2, -0.15) is 0 Å². The van der Waals surface area contributed by atoms with Gasteiger partial charge < -0.3 is 14.4 Å². The topological polar surface area (TPSA) is 24.9 Å². The lowest BCUT2D eigenvalue weighted by atomic mass is 10.1. The van der Waals surface area contributed by atoms with Crippen LogP contribution in [0.15, 0.2) is 78.9 Å². The Labute approximate surface area is 202 Å². The summed E-state index contributed by atoms with van der Waals surface area (Å²) in [7, 11) is 0. The molecule has 1 aliphatic rings. The molecule has 1 heterocycles. The van der Waals surface area contributed by atoms with Gasteiger partial charge in [-0.1, -0.05) is 60.1 Å². The third-order valence-corrected chi connectivity index (χ3v) is 6.29. The number of piperazine rings is 1. The molecule has 0 spiro atoms. The summed E-state index contributed by atoms with van der Waals surface area (Å²) < 4.78 is 12.0. The summed E-state index contributed by atoms with van der Waals surface area (Å²) in [6.45, 7) is 7.80. The molecule has 4 rings (SSSR count). The van der Waals surface area contributed by atoms with Crippen molar-refractivity contribution in [2.75, 3.05) is 45.9 Å². The molecule has 0 N–H and O–H groups in total. The lowest BCUT2D eigenvalue weighted by Crippen LogP contribution is -2.47. The third-order valence-electron chi connectivity index (χ3n) is 6.05. The number of nitrogens with zero attached hydrogens (tertiary/aromatic N) is 2. The van der Waals surface area contributed by atoms with Crippen LogP contribution in [-0.2, 0) is 17.8 Å². The number of para-hydroxylation sites is 1. The fourth-order valence-electron chi connectivity index (χ4n) is 4.14. The van der Waals surface area contributed by atoms with Gasteiger partial charge in [-0.05, 0) is 55.3 Å². The van der Waals surface area contributed by atoms with Gasteiger partial charge in [-0.3, -0.25) is 4.90 Å². The van der Waals surface area contributed by atoms with Crippen molar-refractivity contribution in [1.82, 2.24) is 9.80 Å². The van der Waals surface area contributed by atoms with E-state index in [1.807, 2.05) is 48.5 Å². The van der Waals surface area contributed by atoms with Crippen LogP contribution < -0.4 is 4.74 Å². The van der Waals surface area contributed by atoms with E-state index in [1.54, 1.807) is 0 Å². The molecule has 0 aromatic heterocycles. The summed E-state index contributed by atoms with van der Waals surface area (Å²) in [6, 6.07) is 26.2. The molecule has 0 aliphatic carbocycles. The zero-order valence-corrected chi connectivity index (χ0v) is 19.9. The predicted octanol–water partition coefficient (Wildman–Crippen LogP) is 5.90. The summed E-state index contributed by atoms with van der Waals surface area (Å²) >= 11 is 6.21. The van der Waals surface area contributed by atoms with Crippen molar-refractivity contribution >= 4 is 11.6 Å². The van der Waals surface area contributed by atoms with Crippen LogP contribution in [-0.4, -0.2) is 55.7 Å². The van der Waals surface area contributed by atoms with Crippen LogP contribution in [0.4, 0.5) is 0 Å². The van der Waals surface area contributed by atoms with Crippen LogP contribution in [0.2, 0.25) is 5.02 Å². The van der Waals surface area contributed by atoms with E-state index in [4.69, 9.17) is 21.1 Å². The third kappa shape index (κ3) is 7.86. The maximum absolute atomic E-state index is 6.21. The Morgan fingerprint density at radius 2 is 1.42 bits per heavy atom. The molecule has 4 nitrogen and oxygen atoms in total. The maximum atomic E-state index is 6.21. The highest BCUT2D eigenvalue weighted by atomic mass is 35.5. The van der Waals surface area contributed by atoms with Gasteiger partial charge in [0.2, 0.25) is 0 Å². The number of aryl methyl sites for hydroxylation is 1. The Hall–Kier alpha value is -2.37. The molecule has 0 radical (unpaired) electrons. The van der Waals surface area contributed by atoms with Gasteiger partial charge in [0.05, 0.1) is 13.2 Å². The molecule has 1 aliphatic heterocycles. The fourth-order valence-corrected chi connectivity index (χ4v) is 4.33. The monoisotopic (exact) mass is 464 g/mol. The molecule has 3 aromatic rings. The first-order valence-corrected chi connectivity index (χ1v) is 12.2. The van der Waals surface area contributed by atoms with E-state index < -0.39 is 0 Å².